The smallest absolute Gasteiger partial charge is 0.256 e. The van der Waals surface area contributed by atoms with Gasteiger partial charge >= 0.3 is 0 Å². The first kappa shape index (κ1) is 17.8. The van der Waals surface area contributed by atoms with Crippen LogP contribution in [0.3, 0.4) is 0 Å². The second kappa shape index (κ2) is 7.48. The normalized spacial score (nSPS) is 20.6. The number of nitrogens with one attached hydrogen (secondary N) is 1. The van der Waals surface area contributed by atoms with E-state index in [9.17, 15) is 4.79 Å². The third-order valence-corrected chi connectivity index (χ3v) is 5.01. The lowest BCUT2D eigenvalue weighted by Gasteiger charge is -2.39. The Hall–Kier alpha value is -2.01. The van der Waals surface area contributed by atoms with Gasteiger partial charge in [0, 0.05) is 28.9 Å². The third-order valence-electron chi connectivity index (χ3n) is 4.78. The lowest BCUT2D eigenvalue weighted by atomic mass is 9.96. The summed E-state index contributed by atoms with van der Waals surface area (Å²) in [4.78, 5) is 15.2. The number of anilines is 1. The van der Waals surface area contributed by atoms with Gasteiger partial charge in [0.15, 0.2) is 0 Å². The Labute approximate surface area is 153 Å². The molecule has 0 saturated carbocycles. The van der Waals surface area contributed by atoms with E-state index in [0.29, 0.717) is 17.1 Å². The van der Waals surface area contributed by atoms with Crippen molar-refractivity contribution in [2.24, 2.45) is 0 Å². The van der Waals surface area contributed by atoms with E-state index in [0.717, 1.165) is 36.4 Å². The van der Waals surface area contributed by atoms with Crippen LogP contribution in [-0.4, -0.2) is 28.0 Å². The molecule has 0 unspecified atom stereocenters. The molecule has 1 fully saturated rings. The van der Waals surface area contributed by atoms with Crippen LogP contribution >= 0.6 is 11.6 Å². The number of nitrogens with zero attached hydrogens (tertiary/aromatic N) is 2. The van der Waals surface area contributed by atoms with Gasteiger partial charge in [-0.1, -0.05) is 16.8 Å². The van der Waals surface area contributed by atoms with Crippen molar-refractivity contribution in [1.29, 1.82) is 0 Å². The summed E-state index contributed by atoms with van der Waals surface area (Å²) >= 11 is 6.17. The molecule has 1 N–H and O–H groups in total. The summed E-state index contributed by atoms with van der Waals surface area (Å²) in [6.07, 6.45) is 3.24. The quantitative estimate of drug-likeness (QED) is 0.861. The highest BCUT2D eigenvalue weighted by Gasteiger charge is 2.30. The molecule has 1 aliphatic rings. The van der Waals surface area contributed by atoms with Gasteiger partial charge in [-0.05, 0) is 58.2 Å². The number of carbonyl (C=O) groups is 1. The van der Waals surface area contributed by atoms with Gasteiger partial charge in [0.2, 0.25) is 0 Å². The predicted octanol–water partition coefficient (Wildman–Crippen LogP) is 4.65. The van der Waals surface area contributed by atoms with Crippen LogP contribution in [0.5, 0.6) is 0 Å². The predicted molar refractivity (Wildman–Crippen MR) is 99.0 cm³/mol. The molecule has 5 nitrogen and oxygen atoms in total. The second-order valence-corrected chi connectivity index (χ2v) is 7.25. The highest BCUT2D eigenvalue weighted by molar-refractivity contribution is 6.31. The summed E-state index contributed by atoms with van der Waals surface area (Å²) in [6, 6.07) is 7.73. The number of benzene rings is 1. The van der Waals surface area contributed by atoms with Gasteiger partial charge in [0.1, 0.15) is 11.5 Å². The lowest BCUT2D eigenvalue weighted by Crippen LogP contribution is -2.47. The highest BCUT2D eigenvalue weighted by Crippen LogP contribution is 2.29. The van der Waals surface area contributed by atoms with Crippen molar-refractivity contribution in [3.05, 3.63) is 46.3 Å². The number of hydrogen-bond acceptors (Lipinski definition) is 4. The summed E-state index contributed by atoms with van der Waals surface area (Å²) < 4.78 is 5.09. The molecule has 1 aromatic heterocycles. The Kier molecular flexibility index (Phi) is 5.33. The molecule has 3 rings (SSSR count). The first-order valence-corrected chi connectivity index (χ1v) is 9.12. The number of halogens is 1. The van der Waals surface area contributed by atoms with Crippen LogP contribution < -0.4 is 5.32 Å². The molecule has 0 spiro atoms. The van der Waals surface area contributed by atoms with Crippen LogP contribution in [0.2, 0.25) is 5.02 Å². The molecule has 0 bridgehead atoms. The molecule has 1 saturated heterocycles. The molecule has 2 atom stereocenters. The van der Waals surface area contributed by atoms with Crippen molar-refractivity contribution in [3.63, 3.8) is 0 Å². The van der Waals surface area contributed by atoms with E-state index in [1.165, 1.54) is 0 Å². The van der Waals surface area contributed by atoms with Crippen molar-refractivity contribution >= 4 is 23.2 Å². The van der Waals surface area contributed by atoms with Crippen LogP contribution in [0, 0.1) is 6.92 Å². The Morgan fingerprint density at radius 2 is 2.04 bits per heavy atom. The average Bonchev–Trinajstić information content (AvgIpc) is 2.99. The van der Waals surface area contributed by atoms with Crippen molar-refractivity contribution in [2.45, 2.75) is 58.7 Å². The van der Waals surface area contributed by atoms with E-state index in [2.05, 4.69) is 24.3 Å². The molecule has 134 valence electrons. The minimum absolute atomic E-state index is 0.0287. The monoisotopic (exact) mass is 361 g/mol. The SMILES string of the molecule is Cc1cc(CNc2ccc(Cl)cc2C(=O)N2[C@@H](C)CCC[C@@H]2C)no1. The van der Waals surface area contributed by atoms with Crippen molar-refractivity contribution in [1.82, 2.24) is 10.1 Å². The Balaban J connectivity index is 1.84. The molecular weight excluding hydrogens is 338 g/mol. The molecule has 0 aliphatic carbocycles. The number of hydrogen-bond donors (Lipinski definition) is 1. The highest BCUT2D eigenvalue weighted by atomic mass is 35.5. The fourth-order valence-corrected chi connectivity index (χ4v) is 3.67. The molecule has 25 heavy (non-hydrogen) atoms. The molecule has 1 aromatic carbocycles. The number of likely N-dealkylation sites (tertiary alicyclic amines) is 1. The zero-order valence-electron chi connectivity index (χ0n) is 14.9. The topological polar surface area (TPSA) is 58.4 Å². The first-order chi connectivity index (χ1) is 12.0. The molecule has 2 aromatic rings. The second-order valence-electron chi connectivity index (χ2n) is 6.81. The standard InChI is InChI=1S/C19H24ClN3O2/c1-12-5-4-6-13(2)23(12)19(24)17-10-15(20)7-8-18(17)21-11-16-9-14(3)25-22-16/h7-10,12-13,21H,4-6,11H2,1-3H3/t12-,13-/m0/s1. The minimum atomic E-state index is 0.0287. The van der Waals surface area contributed by atoms with E-state index in [4.69, 9.17) is 16.1 Å². The number of piperidine rings is 1. The van der Waals surface area contributed by atoms with Crippen LogP contribution in [0.1, 0.15) is 54.9 Å². The average molecular weight is 362 g/mol. The van der Waals surface area contributed by atoms with E-state index >= 15 is 0 Å². The first-order valence-electron chi connectivity index (χ1n) is 8.74. The molecule has 6 heteroatoms. The van der Waals surface area contributed by atoms with E-state index < -0.39 is 0 Å². The van der Waals surface area contributed by atoms with Crippen molar-refractivity contribution < 1.29 is 9.32 Å². The zero-order chi connectivity index (χ0) is 18.0. The summed E-state index contributed by atoms with van der Waals surface area (Å²) in [5.41, 5.74) is 2.17. The fraction of sp³-hybridized carbons (Fsp3) is 0.474. The molecule has 1 amide bonds. The Bertz CT molecular complexity index is 749. The maximum absolute atomic E-state index is 13.2. The number of aromatic nitrogens is 1. The zero-order valence-corrected chi connectivity index (χ0v) is 15.6. The van der Waals surface area contributed by atoms with Gasteiger partial charge in [0.25, 0.3) is 5.91 Å². The van der Waals surface area contributed by atoms with E-state index in [1.54, 1.807) is 12.1 Å². The van der Waals surface area contributed by atoms with Gasteiger partial charge in [-0.15, -0.1) is 0 Å². The fourth-order valence-electron chi connectivity index (χ4n) is 3.50. The largest absolute Gasteiger partial charge is 0.379 e. The van der Waals surface area contributed by atoms with Crippen LogP contribution in [0.15, 0.2) is 28.8 Å². The lowest BCUT2D eigenvalue weighted by molar-refractivity contribution is 0.0512. The minimum Gasteiger partial charge on any atom is -0.379 e. The maximum Gasteiger partial charge on any atom is 0.256 e. The van der Waals surface area contributed by atoms with Crippen LogP contribution in [0.4, 0.5) is 5.69 Å². The van der Waals surface area contributed by atoms with Gasteiger partial charge in [-0.2, -0.15) is 0 Å². The van der Waals surface area contributed by atoms with Gasteiger partial charge < -0.3 is 14.7 Å². The van der Waals surface area contributed by atoms with Crippen molar-refractivity contribution in [3.8, 4) is 0 Å². The number of amides is 1. The number of aryl methyl sites for hydroxylation is 1. The Morgan fingerprint density at radius 1 is 1.32 bits per heavy atom. The van der Waals surface area contributed by atoms with Gasteiger partial charge in [0.05, 0.1) is 12.1 Å². The van der Waals surface area contributed by atoms with E-state index in [-0.39, 0.29) is 18.0 Å². The van der Waals surface area contributed by atoms with Gasteiger partial charge in [-0.25, -0.2) is 0 Å². The molecule has 0 radical (unpaired) electrons. The maximum atomic E-state index is 13.2. The molecular formula is C19H24ClN3O2. The van der Waals surface area contributed by atoms with Crippen molar-refractivity contribution in [2.75, 3.05) is 5.32 Å². The van der Waals surface area contributed by atoms with Gasteiger partial charge in [-0.3, -0.25) is 4.79 Å². The summed E-state index contributed by atoms with van der Waals surface area (Å²) in [5.74, 6) is 0.793. The summed E-state index contributed by atoms with van der Waals surface area (Å²) in [5, 5.41) is 7.83. The Morgan fingerprint density at radius 3 is 2.68 bits per heavy atom. The number of carbonyl (C=O) groups excluding carboxylic acids is 1. The number of rotatable bonds is 4. The van der Waals surface area contributed by atoms with Crippen LogP contribution in [0.25, 0.3) is 0 Å². The summed E-state index contributed by atoms with van der Waals surface area (Å²) in [7, 11) is 0. The third kappa shape index (κ3) is 3.98. The van der Waals surface area contributed by atoms with E-state index in [1.807, 2.05) is 24.0 Å². The summed E-state index contributed by atoms with van der Waals surface area (Å²) in [6.45, 7) is 6.57. The molecule has 2 heterocycles. The van der Waals surface area contributed by atoms with Crippen LogP contribution in [-0.2, 0) is 6.54 Å². The molecule has 1 aliphatic heterocycles.